The quantitative estimate of drug-likeness (QED) is 0.618. The molecule has 0 saturated carbocycles. The number of carbonyl (C=O) groups excluding carboxylic acids is 1. The van der Waals surface area contributed by atoms with E-state index in [2.05, 4.69) is 9.35 Å². The third-order valence-corrected chi connectivity index (χ3v) is 1.46. The minimum absolute atomic E-state index is 0.466. The summed E-state index contributed by atoms with van der Waals surface area (Å²) in [7, 11) is -2.87. The molecule has 0 spiro atoms. The molecule has 0 N–H and O–H groups in total. The first-order valence-corrected chi connectivity index (χ1v) is 4.10. The number of halogens is 1. The Morgan fingerprint density at radius 3 is 2.77 bits per heavy atom. The van der Waals surface area contributed by atoms with Crippen LogP contribution in [0.1, 0.15) is 10.4 Å². The van der Waals surface area contributed by atoms with Gasteiger partial charge in [-0.25, -0.2) is 4.98 Å². The fourth-order valence-corrected chi connectivity index (χ4v) is 0.896. The van der Waals surface area contributed by atoms with Gasteiger partial charge in [0.15, 0.2) is 0 Å². The number of amides is 1. The van der Waals surface area contributed by atoms with E-state index >= 15 is 0 Å². The molecule has 0 bridgehead atoms. The molecule has 1 rings (SSSR count). The molecule has 1 heterocycles. The number of rotatable bonds is 1. The van der Waals surface area contributed by atoms with Crippen molar-refractivity contribution in [1.29, 1.82) is 0 Å². The summed E-state index contributed by atoms with van der Waals surface area (Å²) < 4.78 is 35.2. The van der Waals surface area contributed by atoms with Gasteiger partial charge >= 0.3 is 10.5 Å². The average molecular weight is 202 g/mol. The van der Waals surface area contributed by atoms with Gasteiger partial charge < -0.3 is 0 Å². The van der Waals surface area contributed by atoms with Gasteiger partial charge in [-0.3, -0.25) is 4.79 Å². The van der Waals surface area contributed by atoms with E-state index in [-0.39, 0.29) is 0 Å². The van der Waals surface area contributed by atoms with E-state index in [0.29, 0.717) is 0 Å². The fourth-order valence-electron chi connectivity index (χ4n) is 0.662. The zero-order valence-corrected chi connectivity index (χ0v) is 6.95. The summed E-state index contributed by atoms with van der Waals surface area (Å²) >= 11 is 0. The van der Waals surface area contributed by atoms with Crippen molar-refractivity contribution in [2.75, 3.05) is 0 Å². The Hall–Kier alpha value is -1.63. The van der Waals surface area contributed by atoms with Crippen molar-refractivity contribution < 1.29 is 17.6 Å². The molecule has 0 unspecified atom stereocenters. The zero-order chi connectivity index (χ0) is 9.84. The lowest BCUT2D eigenvalue weighted by atomic mass is 10.3. The molecule has 7 heteroatoms. The van der Waals surface area contributed by atoms with Gasteiger partial charge in [0.25, 0.3) is 5.91 Å². The number of hydrogen-bond acceptors (Lipinski definition) is 4. The molecule has 1 aromatic rings. The number of pyridine rings is 1. The van der Waals surface area contributed by atoms with Gasteiger partial charge in [0.05, 0.1) is 5.56 Å². The minimum Gasteiger partial charge on any atom is -0.265 e. The molecule has 0 aliphatic heterocycles. The molecular weight excluding hydrogens is 199 g/mol. The first kappa shape index (κ1) is 9.46. The van der Waals surface area contributed by atoms with Crippen molar-refractivity contribution in [2.24, 2.45) is 4.36 Å². The van der Waals surface area contributed by atoms with Gasteiger partial charge in [-0.15, -0.1) is 0 Å². The van der Waals surface area contributed by atoms with E-state index in [1.54, 1.807) is 0 Å². The first-order chi connectivity index (χ1) is 6.11. The lowest BCUT2D eigenvalue weighted by Crippen LogP contribution is -2.00. The summed E-state index contributed by atoms with van der Waals surface area (Å²) in [4.78, 5) is 14.0. The molecule has 0 aromatic carbocycles. The third-order valence-electron chi connectivity index (χ3n) is 1.15. The fraction of sp³-hybridized carbons (Fsp3) is 0. The summed E-state index contributed by atoms with van der Waals surface area (Å²) in [5, 5.41) is 0. The molecule has 68 valence electrons. The summed E-state index contributed by atoms with van der Waals surface area (Å²) in [5.74, 6) is -2.21. The average Bonchev–Trinajstić information content (AvgIpc) is 2.03. The maximum atomic E-state index is 12.7. The maximum Gasteiger partial charge on any atom is 0.319 e. The minimum atomic E-state index is -2.87. The van der Waals surface area contributed by atoms with Gasteiger partial charge in [-0.05, 0) is 12.1 Å². The van der Waals surface area contributed by atoms with Gasteiger partial charge in [-0.1, -0.05) is 4.36 Å². The highest BCUT2D eigenvalue weighted by molar-refractivity contribution is 7.62. The second-order valence-electron chi connectivity index (χ2n) is 1.96. The Morgan fingerprint density at radius 1 is 1.54 bits per heavy atom. The Balaban J connectivity index is 3.17. The van der Waals surface area contributed by atoms with Crippen molar-refractivity contribution >= 4 is 16.4 Å². The molecule has 0 aliphatic rings. The normalized spacial score (nSPS) is 9.31. The van der Waals surface area contributed by atoms with E-state index in [4.69, 9.17) is 0 Å². The van der Waals surface area contributed by atoms with Crippen LogP contribution in [0.3, 0.4) is 0 Å². The van der Waals surface area contributed by atoms with Crippen molar-refractivity contribution in [2.45, 2.75) is 0 Å². The Kier molecular flexibility index (Phi) is 2.80. The van der Waals surface area contributed by atoms with Crippen LogP contribution in [0.25, 0.3) is 0 Å². The van der Waals surface area contributed by atoms with Crippen LogP contribution in [-0.4, -0.2) is 19.3 Å². The topological polar surface area (TPSA) is 76.5 Å². The van der Waals surface area contributed by atoms with Crippen LogP contribution >= 0.6 is 0 Å². The number of carbonyl (C=O) groups is 1. The molecule has 1 aromatic heterocycles. The number of hydrogen-bond donors (Lipinski definition) is 0. The van der Waals surface area contributed by atoms with Crippen molar-refractivity contribution in [3.63, 3.8) is 0 Å². The highest BCUT2D eigenvalue weighted by atomic mass is 32.2. The standard InChI is InChI=1S/C6H3FN2O3S/c7-5-4(2-1-3-8-5)6(10)9-13(11)12/h1-3H. The van der Waals surface area contributed by atoms with Crippen LogP contribution < -0.4 is 0 Å². The lowest BCUT2D eigenvalue weighted by molar-refractivity contribution is 0.100. The Labute approximate surface area is 73.9 Å². The predicted octanol–water partition coefficient (Wildman–Crippen LogP) is 0.424. The number of nitrogens with zero attached hydrogens (tertiary/aromatic N) is 2. The Bertz CT molecular complexity index is 461. The van der Waals surface area contributed by atoms with Gasteiger partial charge in [0, 0.05) is 6.20 Å². The number of aromatic nitrogens is 1. The molecule has 0 atom stereocenters. The molecule has 0 aliphatic carbocycles. The predicted molar refractivity (Wildman–Crippen MR) is 39.9 cm³/mol. The monoisotopic (exact) mass is 202 g/mol. The second-order valence-corrected chi connectivity index (χ2v) is 2.57. The summed E-state index contributed by atoms with van der Waals surface area (Å²) in [6.07, 6.45) is 1.14. The van der Waals surface area contributed by atoms with Crippen molar-refractivity contribution in [1.82, 2.24) is 4.98 Å². The molecule has 13 heavy (non-hydrogen) atoms. The van der Waals surface area contributed by atoms with Crippen LogP contribution in [-0.2, 0) is 10.5 Å². The maximum absolute atomic E-state index is 12.7. The molecule has 0 fully saturated rings. The van der Waals surface area contributed by atoms with Crippen LogP contribution in [0.2, 0.25) is 0 Å². The van der Waals surface area contributed by atoms with Crippen LogP contribution in [0.15, 0.2) is 22.7 Å². The van der Waals surface area contributed by atoms with Crippen molar-refractivity contribution in [3.05, 3.63) is 29.8 Å². The molecule has 1 amide bonds. The zero-order valence-electron chi connectivity index (χ0n) is 6.14. The molecule has 5 nitrogen and oxygen atoms in total. The van der Waals surface area contributed by atoms with E-state index in [9.17, 15) is 17.6 Å². The molecule has 0 saturated heterocycles. The van der Waals surface area contributed by atoms with Crippen LogP contribution in [0.5, 0.6) is 0 Å². The van der Waals surface area contributed by atoms with E-state index in [1.165, 1.54) is 6.07 Å². The highest BCUT2D eigenvalue weighted by Gasteiger charge is 2.10. The van der Waals surface area contributed by atoms with Crippen LogP contribution in [0, 0.1) is 5.95 Å². The second kappa shape index (κ2) is 3.85. The summed E-state index contributed by atoms with van der Waals surface area (Å²) in [6.45, 7) is 0. The Morgan fingerprint density at radius 2 is 2.23 bits per heavy atom. The third kappa shape index (κ3) is 2.41. The van der Waals surface area contributed by atoms with Crippen molar-refractivity contribution in [3.8, 4) is 0 Å². The van der Waals surface area contributed by atoms with E-state index < -0.39 is 27.9 Å². The van der Waals surface area contributed by atoms with Crippen LogP contribution in [0.4, 0.5) is 4.39 Å². The largest absolute Gasteiger partial charge is 0.319 e. The van der Waals surface area contributed by atoms with E-state index in [1.807, 2.05) is 0 Å². The van der Waals surface area contributed by atoms with Gasteiger partial charge in [0.2, 0.25) is 5.95 Å². The van der Waals surface area contributed by atoms with Gasteiger partial charge in [-0.2, -0.15) is 12.8 Å². The van der Waals surface area contributed by atoms with E-state index in [0.717, 1.165) is 12.3 Å². The lowest BCUT2D eigenvalue weighted by Gasteiger charge is -1.92. The summed E-state index contributed by atoms with van der Waals surface area (Å²) in [6, 6.07) is 2.40. The highest BCUT2D eigenvalue weighted by Crippen LogP contribution is 2.04. The SMILES string of the molecule is O=C(N=S(=O)=O)c1cccnc1F. The first-order valence-electron chi connectivity index (χ1n) is 3.07. The molecule has 0 radical (unpaired) electrons. The molecular formula is C6H3FN2O3S. The van der Waals surface area contributed by atoms with Gasteiger partial charge in [0.1, 0.15) is 0 Å². The smallest absolute Gasteiger partial charge is 0.265 e. The summed E-state index contributed by atoms with van der Waals surface area (Å²) in [5.41, 5.74) is -0.466.